The Labute approximate surface area is 163 Å². The highest BCUT2D eigenvalue weighted by atomic mass is 32.2. The second-order valence-electron chi connectivity index (χ2n) is 6.67. The minimum absolute atomic E-state index is 0.0271. The number of sulfone groups is 1. The Hall–Kier alpha value is -1.58. The van der Waals surface area contributed by atoms with Gasteiger partial charge in [-0.05, 0) is 37.5 Å². The molecule has 2 amide bonds. The van der Waals surface area contributed by atoms with Crippen molar-refractivity contribution in [3.8, 4) is 0 Å². The van der Waals surface area contributed by atoms with Gasteiger partial charge in [0.2, 0.25) is 11.8 Å². The van der Waals surface area contributed by atoms with Crippen molar-refractivity contribution < 1.29 is 22.7 Å². The van der Waals surface area contributed by atoms with Gasteiger partial charge in [0.05, 0.1) is 27.7 Å². The number of hydrogen-bond acceptors (Lipinski definition) is 6. The first-order valence-corrected chi connectivity index (χ1v) is 11.6. The zero-order valence-electron chi connectivity index (χ0n) is 15.2. The van der Waals surface area contributed by atoms with E-state index in [1.165, 1.54) is 23.9 Å². The molecular weight excluding hydrogens is 388 g/mol. The molecule has 0 radical (unpaired) electrons. The van der Waals surface area contributed by atoms with E-state index in [1.807, 2.05) is 6.92 Å². The number of benzene rings is 1. The van der Waals surface area contributed by atoms with Crippen molar-refractivity contribution in [1.29, 1.82) is 0 Å². The molecule has 1 aromatic carbocycles. The first kappa shape index (κ1) is 20.2. The Kier molecular flexibility index (Phi) is 6.44. The third-order valence-electron chi connectivity index (χ3n) is 4.65. The molecule has 0 spiro atoms. The van der Waals surface area contributed by atoms with Crippen molar-refractivity contribution in [2.45, 2.75) is 53.8 Å². The molecule has 1 fully saturated rings. The van der Waals surface area contributed by atoms with E-state index in [0.717, 1.165) is 17.7 Å². The summed E-state index contributed by atoms with van der Waals surface area (Å²) in [5, 5.41) is 5.34. The average Bonchev–Trinajstić information content (AvgIpc) is 3.17. The fraction of sp³-hybridized carbons (Fsp3) is 0.556. The van der Waals surface area contributed by atoms with E-state index in [1.54, 1.807) is 6.07 Å². The van der Waals surface area contributed by atoms with Crippen LogP contribution in [0.4, 0.5) is 5.69 Å². The van der Waals surface area contributed by atoms with Crippen LogP contribution in [-0.2, 0) is 24.2 Å². The summed E-state index contributed by atoms with van der Waals surface area (Å²) >= 11 is 1.44. The van der Waals surface area contributed by atoms with Crippen LogP contribution in [0.5, 0.6) is 0 Å². The molecule has 0 aliphatic carbocycles. The maximum Gasteiger partial charge on any atom is 0.237 e. The molecule has 1 saturated heterocycles. The van der Waals surface area contributed by atoms with Crippen molar-refractivity contribution in [3.05, 3.63) is 18.2 Å². The molecule has 7 nitrogen and oxygen atoms in total. The molecule has 0 bridgehead atoms. The number of carbonyl (C=O) groups excluding carboxylic acids is 2. The Morgan fingerprint density at radius 2 is 2.22 bits per heavy atom. The molecule has 2 N–H and O–H groups in total. The summed E-state index contributed by atoms with van der Waals surface area (Å²) in [6.45, 7) is 3.06. The van der Waals surface area contributed by atoms with Crippen LogP contribution in [0.1, 0.15) is 32.6 Å². The van der Waals surface area contributed by atoms with Gasteiger partial charge in [-0.3, -0.25) is 9.59 Å². The van der Waals surface area contributed by atoms with Gasteiger partial charge in [0.15, 0.2) is 9.84 Å². The van der Waals surface area contributed by atoms with Crippen LogP contribution in [-0.4, -0.2) is 50.5 Å². The van der Waals surface area contributed by atoms with Gasteiger partial charge in [0, 0.05) is 24.5 Å². The predicted octanol–water partition coefficient (Wildman–Crippen LogP) is 1.97. The molecule has 2 heterocycles. The van der Waals surface area contributed by atoms with Crippen LogP contribution in [0.2, 0.25) is 0 Å². The van der Waals surface area contributed by atoms with Gasteiger partial charge in [-0.15, -0.1) is 11.8 Å². The molecule has 148 valence electrons. The lowest BCUT2D eigenvalue weighted by Gasteiger charge is -2.23. The highest BCUT2D eigenvalue weighted by Crippen LogP contribution is 2.38. The summed E-state index contributed by atoms with van der Waals surface area (Å²) < 4.78 is 30.5. The lowest BCUT2D eigenvalue weighted by Crippen LogP contribution is -2.32. The molecule has 3 rings (SSSR count). The van der Waals surface area contributed by atoms with Gasteiger partial charge >= 0.3 is 0 Å². The lowest BCUT2D eigenvalue weighted by atomic mass is 10.2. The van der Waals surface area contributed by atoms with Gasteiger partial charge < -0.3 is 15.4 Å². The Morgan fingerprint density at radius 1 is 1.41 bits per heavy atom. The molecule has 2 atom stereocenters. The van der Waals surface area contributed by atoms with Crippen molar-refractivity contribution in [2.75, 3.05) is 24.2 Å². The minimum Gasteiger partial charge on any atom is -0.376 e. The average molecular weight is 413 g/mol. The van der Waals surface area contributed by atoms with Gasteiger partial charge in [-0.25, -0.2) is 8.42 Å². The smallest absolute Gasteiger partial charge is 0.237 e. The predicted molar refractivity (Wildman–Crippen MR) is 104 cm³/mol. The zero-order valence-corrected chi connectivity index (χ0v) is 16.8. The maximum absolute atomic E-state index is 12.6. The number of amides is 2. The first-order chi connectivity index (χ1) is 12.9. The lowest BCUT2D eigenvalue weighted by molar-refractivity contribution is -0.121. The Morgan fingerprint density at radius 3 is 2.93 bits per heavy atom. The first-order valence-electron chi connectivity index (χ1n) is 9.11. The van der Waals surface area contributed by atoms with E-state index in [4.69, 9.17) is 4.74 Å². The van der Waals surface area contributed by atoms with E-state index in [0.29, 0.717) is 25.3 Å². The summed E-state index contributed by atoms with van der Waals surface area (Å²) in [6, 6.07) is 4.73. The van der Waals surface area contributed by atoms with Crippen LogP contribution >= 0.6 is 11.8 Å². The number of hydrogen-bond donors (Lipinski definition) is 2. The van der Waals surface area contributed by atoms with Crippen LogP contribution < -0.4 is 10.6 Å². The fourth-order valence-electron chi connectivity index (χ4n) is 3.06. The van der Waals surface area contributed by atoms with E-state index in [2.05, 4.69) is 10.6 Å². The topological polar surface area (TPSA) is 102 Å². The third kappa shape index (κ3) is 5.03. The summed E-state index contributed by atoms with van der Waals surface area (Å²) in [7, 11) is -3.62. The van der Waals surface area contributed by atoms with E-state index in [9.17, 15) is 18.0 Å². The zero-order chi connectivity index (χ0) is 19.4. The molecule has 0 saturated carbocycles. The SMILES string of the molecule is CC[C@H]1Sc2ccc(S(=O)(=O)CCC(=O)NC[C@@H]3CCCO3)cc2NC1=O. The number of rotatable bonds is 7. The number of fused-ring (bicyclic) bond motifs is 1. The van der Waals surface area contributed by atoms with Crippen molar-refractivity contribution >= 4 is 39.1 Å². The Balaban J connectivity index is 1.59. The molecule has 27 heavy (non-hydrogen) atoms. The van der Waals surface area contributed by atoms with Crippen LogP contribution in [0.3, 0.4) is 0 Å². The standard InChI is InChI=1S/C18H24N2O5S2/c1-2-15-18(22)20-14-10-13(5-6-16(14)26-15)27(23,24)9-7-17(21)19-11-12-4-3-8-25-12/h5-6,10,12,15H,2-4,7-9,11H2,1H3,(H,19,21)(H,20,22)/t12-,15+/m0/s1. The van der Waals surface area contributed by atoms with E-state index in [-0.39, 0.29) is 40.2 Å². The quantitative estimate of drug-likeness (QED) is 0.710. The highest BCUT2D eigenvalue weighted by molar-refractivity contribution is 8.01. The molecule has 1 aromatic rings. The second-order valence-corrected chi connectivity index (χ2v) is 10.0. The Bertz CT molecular complexity index is 819. The number of anilines is 1. The monoisotopic (exact) mass is 412 g/mol. The molecule has 9 heteroatoms. The van der Waals surface area contributed by atoms with Crippen LogP contribution in [0, 0.1) is 0 Å². The number of ether oxygens (including phenoxy) is 1. The minimum atomic E-state index is -3.62. The number of thioether (sulfide) groups is 1. The van der Waals surface area contributed by atoms with E-state index < -0.39 is 9.84 Å². The third-order valence-corrected chi connectivity index (χ3v) is 7.80. The van der Waals surface area contributed by atoms with E-state index >= 15 is 0 Å². The molecule has 2 aliphatic heterocycles. The van der Waals surface area contributed by atoms with Gasteiger partial charge in [-0.1, -0.05) is 6.92 Å². The van der Waals surface area contributed by atoms with Gasteiger partial charge in [-0.2, -0.15) is 0 Å². The van der Waals surface area contributed by atoms with Crippen molar-refractivity contribution in [3.63, 3.8) is 0 Å². The fourth-order valence-corrected chi connectivity index (χ4v) is 5.34. The molecule has 2 aliphatic rings. The summed E-state index contributed by atoms with van der Waals surface area (Å²) in [4.78, 5) is 24.9. The molecule has 0 unspecified atom stereocenters. The van der Waals surface area contributed by atoms with Gasteiger partial charge in [0.1, 0.15) is 0 Å². The molecular formula is C18H24N2O5S2. The summed E-state index contributed by atoms with van der Waals surface area (Å²) in [5.74, 6) is -0.693. The maximum atomic E-state index is 12.6. The molecule has 0 aromatic heterocycles. The normalized spacial score (nSPS) is 22.2. The number of nitrogens with one attached hydrogen (secondary N) is 2. The second kappa shape index (κ2) is 8.62. The van der Waals surface area contributed by atoms with Crippen molar-refractivity contribution in [2.24, 2.45) is 0 Å². The van der Waals surface area contributed by atoms with Crippen LogP contribution in [0.15, 0.2) is 28.0 Å². The summed E-state index contributed by atoms with van der Waals surface area (Å²) in [6.07, 6.45) is 2.53. The number of carbonyl (C=O) groups is 2. The van der Waals surface area contributed by atoms with Crippen molar-refractivity contribution in [1.82, 2.24) is 5.32 Å². The highest BCUT2D eigenvalue weighted by Gasteiger charge is 2.27. The largest absolute Gasteiger partial charge is 0.376 e. The summed E-state index contributed by atoms with van der Waals surface area (Å²) in [5.41, 5.74) is 0.513. The van der Waals surface area contributed by atoms with Crippen LogP contribution in [0.25, 0.3) is 0 Å². The van der Waals surface area contributed by atoms with Gasteiger partial charge in [0.25, 0.3) is 0 Å².